The van der Waals surface area contributed by atoms with Crippen LogP contribution in [0.25, 0.3) is 0 Å². The number of aliphatic carboxylic acids is 1. The van der Waals surface area contributed by atoms with Crippen LogP contribution in [-0.2, 0) is 4.79 Å². The summed E-state index contributed by atoms with van der Waals surface area (Å²) in [4.78, 5) is 15.3. The lowest BCUT2D eigenvalue weighted by Gasteiger charge is -2.42. The van der Waals surface area contributed by atoms with Gasteiger partial charge in [0, 0.05) is 32.2 Å². The molecule has 2 atom stereocenters. The van der Waals surface area contributed by atoms with Crippen LogP contribution in [0, 0.1) is 5.92 Å². The Morgan fingerprint density at radius 2 is 1.94 bits per heavy atom. The lowest BCUT2D eigenvalue weighted by molar-refractivity contribution is -0.138. The topological polar surface area (TPSA) is 43.8 Å². The molecule has 0 aromatic heterocycles. The second-order valence-corrected chi connectivity index (χ2v) is 5.80. The third-order valence-corrected chi connectivity index (χ3v) is 4.61. The fourth-order valence-corrected chi connectivity index (χ4v) is 3.44. The van der Waals surface area contributed by atoms with Crippen LogP contribution in [0.3, 0.4) is 0 Å². The van der Waals surface area contributed by atoms with E-state index >= 15 is 0 Å². The molecule has 0 amide bonds. The normalized spacial score (nSPS) is 31.4. The highest BCUT2D eigenvalue weighted by molar-refractivity contribution is 5.69. The molecule has 0 aromatic rings. The predicted octanol–water partition coefficient (Wildman–Crippen LogP) is 1.66. The molecule has 1 saturated heterocycles. The lowest BCUT2D eigenvalue weighted by atomic mass is 9.83. The molecule has 0 aromatic carbocycles. The molecule has 2 aliphatic rings. The number of hydrogen-bond donors (Lipinski definition) is 1. The van der Waals surface area contributed by atoms with Crippen molar-refractivity contribution in [1.29, 1.82) is 0 Å². The first-order chi connectivity index (χ1) is 8.69. The number of piperazine rings is 1. The molecule has 18 heavy (non-hydrogen) atoms. The highest BCUT2D eigenvalue weighted by Gasteiger charge is 2.28. The van der Waals surface area contributed by atoms with Crippen molar-refractivity contribution in [2.45, 2.75) is 45.1 Å². The predicted molar refractivity (Wildman–Crippen MR) is 71.7 cm³/mol. The molecular weight excluding hydrogens is 228 g/mol. The van der Waals surface area contributed by atoms with Crippen molar-refractivity contribution in [2.75, 3.05) is 32.7 Å². The number of hydrogen-bond acceptors (Lipinski definition) is 3. The molecule has 0 radical (unpaired) electrons. The second kappa shape index (κ2) is 6.53. The molecule has 1 N–H and O–H groups in total. The van der Waals surface area contributed by atoms with Gasteiger partial charge in [-0.3, -0.25) is 14.6 Å². The summed E-state index contributed by atoms with van der Waals surface area (Å²) in [6.07, 6.45) is 6.80. The number of carboxylic acid groups (broad SMARTS) is 1. The average Bonchev–Trinajstić information content (AvgIpc) is 2.39. The van der Waals surface area contributed by atoms with Crippen LogP contribution in [-0.4, -0.2) is 59.6 Å². The van der Waals surface area contributed by atoms with Gasteiger partial charge in [-0.1, -0.05) is 26.2 Å². The van der Waals surface area contributed by atoms with Crippen LogP contribution in [0.15, 0.2) is 0 Å². The first-order valence-electron chi connectivity index (χ1n) is 7.37. The molecule has 1 saturated carbocycles. The fourth-order valence-electron chi connectivity index (χ4n) is 3.44. The van der Waals surface area contributed by atoms with Crippen LogP contribution in [0.2, 0.25) is 0 Å². The van der Waals surface area contributed by atoms with E-state index in [0.29, 0.717) is 0 Å². The Hall–Kier alpha value is -0.610. The summed E-state index contributed by atoms with van der Waals surface area (Å²) >= 11 is 0. The molecule has 1 heterocycles. The Morgan fingerprint density at radius 3 is 2.56 bits per heavy atom. The van der Waals surface area contributed by atoms with Crippen molar-refractivity contribution in [3.8, 4) is 0 Å². The maximum Gasteiger partial charge on any atom is 0.317 e. The van der Waals surface area contributed by atoms with Gasteiger partial charge in [0.1, 0.15) is 0 Å². The first kappa shape index (κ1) is 13.8. The Labute approximate surface area is 110 Å². The van der Waals surface area contributed by atoms with Crippen molar-refractivity contribution in [3.63, 3.8) is 0 Å². The van der Waals surface area contributed by atoms with E-state index in [9.17, 15) is 4.79 Å². The van der Waals surface area contributed by atoms with Crippen LogP contribution in [0.1, 0.15) is 39.0 Å². The summed E-state index contributed by atoms with van der Waals surface area (Å²) in [5, 5.41) is 8.79. The molecule has 4 heteroatoms. The molecule has 1 aliphatic heterocycles. The zero-order chi connectivity index (χ0) is 13.0. The van der Waals surface area contributed by atoms with Gasteiger partial charge in [0.2, 0.25) is 0 Å². The number of nitrogens with zero attached hydrogens (tertiary/aromatic N) is 2. The van der Waals surface area contributed by atoms with Gasteiger partial charge in [0.25, 0.3) is 0 Å². The first-order valence-corrected chi connectivity index (χ1v) is 7.37. The van der Waals surface area contributed by atoms with Gasteiger partial charge in [-0.25, -0.2) is 0 Å². The number of rotatable bonds is 4. The Kier molecular flexibility index (Phi) is 5.01. The Balaban J connectivity index is 1.76. The summed E-state index contributed by atoms with van der Waals surface area (Å²) in [5.74, 6) is 0.216. The molecule has 4 nitrogen and oxygen atoms in total. The molecular formula is C14H26N2O2. The van der Waals surface area contributed by atoms with E-state index in [1.54, 1.807) is 0 Å². The lowest BCUT2D eigenvalue weighted by Crippen LogP contribution is -2.52. The van der Waals surface area contributed by atoms with Gasteiger partial charge in [0.05, 0.1) is 6.54 Å². The largest absolute Gasteiger partial charge is 0.480 e. The van der Waals surface area contributed by atoms with Crippen molar-refractivity contribution in [2.24, 2.45) is 5.92 Å². The number of carboxylic acids is 1. The monoisotopic (exact) mass is 254 g/mol. The third kappa shape index (κ3) is 3.69. The zero-order valence-corrected chi connectivity index (χ0v) is 11.5. The molecule has 0 bridgehead atoms. The van der Waals surface area contributed by atoms with Gasteiger partial charge in [-0.15, -0.1) is 0 Å². The van der Waals surface area contributed by atoms with Gasteiger partial charge >= 0.3 is 5.97 Å². The van der Waals surface area contributed by atoms with E-state index in [-0.39, 0.29) is 6.54 Å². The van der Waals surface area contributed by atoms with Gasteiger partial charge in [0.15, 0.2) is 0 Å². The quantitative estimate of drug-likeness (QED) is 0.828. The van der Waals surface area contributed by atoms with Crippen LogP contribution in [0.4, 0.5) is 0 Å². The number of carbonyl (C=O) groups is 1. The minimum atomic E-state index is -0.702. The summed E-state index contributed by atoms with van der Waals surface area (Å²) in [6, 6.07) is 0.760. The van der Waals surface area contributed by atoms with Crippen molar-refractivity contribution < 1.29 is 9.90 Å². The maximum atomic E-state index is 10.7. The summed E-state index contributed by atoms with van der Waals surface area (Å²) in [7, 11) is 0. The summed E-state index contributed by atoms with van der Waals surface area (Å²) < 4.78 is 0. The zero-order valence-electron chi connectivity index (χ0n) is 11.5. The second-order valence-electron chi connectivity index (χ2n) is 5.80. The van der Waals surface area contributed by atoms with Crippen LogP contribution < -0.4 is 0 Å². The highest BCUT2D eigenvalue weighted by atomic mass is 16.4. The summed E-state index contributed by atoms with van der Waals surface area (Å²) in [6.45, 7) is 6.44. The van der Waals surface area contributed by atoms with E-state index in [1.165, 1.54) is 32.1 Å². The smallest absolute Gasteiger partial charge is 0.317 e. The molecule has 104 valence electrons. The molecule has 0 spiro atoms. The van der Waals surface area contributed by atoms with E-state index in [2.05, 4.69) is 16.7 Å². The van der Waals surface area contributed by atoms with E-state index in [4.69, 9.17) is 5.11 Å². The highest BCUT2D eigenvalue weighted by Crippen LogP contribution is 2.30. The maximum absolute atomic E-state index is 10.7. The van der Waals surface area contributed by atoms with Crippen molar-refractivity contribution in [1.82, 2.24) is 9.80 Å². The average molecular weight is 254 g/mol. The molecule has 2 unspecified atom stereocenters. The van der Waals surface area contributed by atoms with Gasteiger partial charge in [-0.05, 0) is 18.8 Å². The van der Waals surface area contributed by atoms with E-state index in [1.807, 2.05) is 0 Å². The van der Waals surface area contributed by atoms with Crippen LogP contribution in [0.5, 0.6) is 0 Å². The Bertz CT molecular complexity index is 275. The Morgan fingerprint density at radius 1 is 1.22 bits per heavy atom. The van der Waals surface area contributed by atoms with Gasteiger partial charge < -0.3 is 5.11 Å². The van der Waals surface area contributed by atoms with Crippen molar-refractivity contribution >= 4 is 5.97 Å². The van der Waals surface area contributed by atoms with Gasteiger partial charge in [-0.2, -0.15) is 0 Å². The van der Waals surface area contributed by atoms with Crippen LogP contribution >= 0.6 is 0 Å². The minimum absolute atomic E-state index is 0.204. The van der Waals surface area contributed by atoms with E-state index in [0.717, 1.165) is 38.1 Å². The van der Waals surface area contributed by atoms with E-state index < -0.39 is 5.97 Å². The fraction of sp³-hybridized carbons (Fsp3) is 0.929. The molecule has 1 aliphatic carbocycles. The van der Waals surface area contributed by atoms with Crippen molar-refractivity contribution in [3.05, 3.63) is 0 Å². The molecule has 2 rings (SSSR count). The standard InChI is InChI=1S/C14H26N2O2/c1-2-12-4-3-5-13(10-12)16-8-6-15(7-9-16)11-14(17)18/h12-13H,2-11H2,1H3,(H,17,18). The minimum Gasteiger partial charge on any atom is -0.480 e. The third-order valence-electron chi connectivity index (χ3n) is 4.61. The molecule has 2 fully saturated rings. The summed E-state index contributed by atoms with van der Waals surface area (Å²) in [5.41, 5.74) is 0. The SMILES string of the molecule is CCC1CCCC(N2CCN(CC(=O)O)CC2)C1.